The van der Waals surface area contributed by atoms with Gasteiger partial charge in [-0.05, 0) is 39.0 Å². The molecule has 1 aromatic carbocycles. The van der Waals surface area contributed by atoms with Crippen molar-refractivity contribution in [1.29, 1.82) is 0 Å². The number of hydrogen-bond donors (Lipinski definition) is 1. The van der Waals surface area contributed by atoms with Crippen LogP contribution in [0.4, 0.5) is 4.39 Å². The molecule has 106 valence electrons. The first kappa shape index (κ1) is 14.2. The summed E-state index contributed by atoms with van der Waals surface area (Å²) >= 11 is 0. The molecule has 0 radical (unpaired) electrons. The van der Waals surface area contributed by atoms with E-state index in [4.69, 9.17) is 0 Å². The Morgan fingerprint density at radius 2 is 1.90 bits per heavy atom. The lowest BCUT2D eigenvalue weighted by Gasteiger charge is -2.20. The molecule has 0 aliphatic heterocycles. The lowest BCUT2D eigenvalue weighted by molar-refractivity contribution is 0.0921. The number of hydrogen-bond acceptors (Lipinski definition) is 2. The van der Waals surface area contributed by atoms with Crippen molar-refractivity contribution in [3.05, 3.63) is 35.8 Å². The number of nitrogens with one attached hydrogen (secondary N) is 1. The highest BCUT2D eigenvalue weighted by Gasteiger charge is 2.21. The van der Waals surface area contributed by atoms with Gasteiger partial charge in [-0.2, -0.15) is 0 Å². The highest BCUT2D eigenvalue weighted by atomic mass is 19.1. The third kappa shape index (κ3) is 2.71. The maximum Gasteiger partial charge on any atom is 0.253 e. The predicted octanol–water partition coefficient (Wildman–Crippen LogP) is 2.97. The Morgan fingerprint density at radius 1 is 1.25 bits per heavy atom. The standard InChI is InChI=1S/C15H17FN2O2/c1-9(19)18-8-12(14(20)17-15(2,3)4)11-6-5-10(16)7-13(11)18/h5-8H,1-4H3,(H,17,20). The monoisotopic (exact) mass is 276 g/mol. The summed E-state index contributed by atoms with van der Waals surface area (Å²) in [6.07, 6.45) is 1.45. The number of carbonyl (C=O) groups is 2. The van der Waals surface area contributed by atoms with Gasteiger partial charge in [-0.15, -0.1) is 0 Å². The second kappa shape index (κ2) is 4.74. The average Bonchev–Trinajstić information content (AvgIpc) is 2.65. The fourth-order valence-electron chi connectivity index (χ4n) is 2.05. The first-order chi connectivity index (χ1) is 9.19. The molecule has 0 spiro atoms. The SMILES string of the molecule is CC(=O)n1cc(C(=O)NC(C)(C)C)c2ccc(F)cc21. The fraction of sp³-hybridized carbons (Fsp3) is 0.333. The van der Waals surface area contributed by atoms with Crippen molar-refractivity contribution >= 4 is 22.7 Å². The molecule has 2 aromatic rings. The van der Waals surface area contributed by atoms with E-state index in [1.54, 1.807) is 0 Å². The van der Waals surface area contributed by atoms with Crippen LogP contribution >= 0.6 is 0 Å². The first-order valence-electron chi connectivity index (χ1n) is 6.33. The fourth-order valence-corrected chi connectivity index (χ4v) is 2.05. The van der Waals surface area contributed by atoms with E-state index >= 15 is 0 Å². The Balaban J connectivity index is 2.60. The van der Waals surface area contributed by atoms with Crippen molar-refractivity contribution in [3.8, 4) is 0 Å². The molecule has 2 rings (SSSR count). The second-order valence-electron chi connectivity index (χ2n) is 5.80. The van der Waals surface area contributed by atoms with Gasteiger partial charge in [0, 0.05) is 24.0 Å². The molecule has 0 atom stereocenters. The van der Waals surface area contributed by atoms with Crippen LogP contribution < -0.4 is 5.32 Å². The zero-order valence-electron chi connectivity index (χ0n) is 12.0. The molecule has 0 saturated carbocycles. The summed E-state index contributed by atoms with van der Waals surface area (Å²) in [5.41, 5.74) is 0.378. The molecule has 4 nitrogen and oxygen atoms in total. The number of halogens is 1. The van der Waals surface area contributed by atoms with Gasteiger partial charge in [0.2, 0.25) is 5.91 Å². The number of aromatic nitrogens is 1. The van der Waals surface area contributed by atoms with Crippen LogP contribution in [0.5, 0.6) is 0 Å². The van der Waals surface area contributed by atoms with Crippen molar-refractivity contribution in [2.45, 2.75) is 33.2 Å². The normalized spacial score (nSPS) is 11.7. The number of amides is 1. The van der Waals surface area contributed by atoms with Gasteiger partial charge in [0.25, 0.3) is 5.91 Å². The maximum absolute atomic E-state index is 13.3. The number of carbonyl (C=O) groups excluding carboxylic acids is 2. The van der Waals surface area contributed by atoms with Crippen LogP contribution in [0.2, 0.25) is 0 Å². The molecule has 0 bridgehead atoms. The van der Waals surface area contributed by atoms with E-state index in [-0.39, 0.29) is 17.4 Å². The van der Waals surface area contributed by atoms with E-state index in [1.807, 2.05) is 20.8 Å². The Hall–Kier alpha value is -2.17. The van der Waals surface area contributed by atoms with E-state index in [0.29, 0.717) is 16.5 Å². The van der Waals surface area contributed by atoms with Crippen LogP contribution in [0.1, 0.15) is 42.8 Å². The highest BCUT2D eigenvalue weighted by molar-refractivity contribution is 6.09. The van der Waals surface area contributed by atoms with E-state index in [1.165, 1.54) is 35.9 Å². The summed E-state index contributed by atoms with van der Waals surface area (Å²) in [5.74, 6) is -0.995. The predicted molar refractivity (Wildman–Crippen MR) is 75.4 cm³/mol. The minimum Gasteiger partial charge on any atom is -0.347 e. The number of rotatable bonds is 1. The Morgan fingerprint density at radius 3 is 2.45 bits per heavy atom. The van der Waals surface area contributed by atoms with E-state index in [9.17, 15) is 14.0 Å². The first-order valence-corrected chi connectivity index (χ1v) is 6.33. The maximum atomic E-state index is 13.3. The van der Waals surface area contributed by atoms with Crippen LogP contribution in [0.25, 0.3) is 10.9 Å². The van der Waals surface area contributed by atoms with Crippen molar-refractivity contribution < 1.29 is 14.0 Å². The van der Waals surface area contributed by atoms with Crippen molar-refractivity contribution in [2.75, 3.05) is 0 Å². The molecule has 1 heterocycles. The minimum atomic E-state index is -0.444. The summed E-state index contributed by atoms with van der Waals surface area (Å²) in [7, 11) is 0. The molecule has 0 fully saturated rings. The van der Waals surface area contributed by atoms with Gasteiger partial charge in [-0.1, -0.05) is 0 Å². The molecule has 1 amide bonds. The minimum absolute atomic E-state index is 0.268. The largest absolute Gasteiger partial charge is 0.347 e. The quantitative estimate of drug-likeness (QED) is 0.870. The van der Waals surface area contributed by atoms with Crippen molar-refractivity contribution in [1.82, 2.24) is 9.88 Å². The summed E-state index contributed by atoms with van der Waals surface area (Å²) < 4.78 is 14.6. The molecular formula is C15H17FN2O2. The Bertz CT molecular complexity index is 696. The number of fused-ring (bicyclic) bond motifs is 1. The van der Waals surface area contributed by atoms with Gasteiger partial charge < -0.3 is 5.32 Å². The third-order valence-electron chi connectivity index (χ3n) is 2.84. The van der Waals surface area contributed by atoms with Crippen molar-refractivity contribution in [2.24, 2.45) is 0 Å². The van der Waals surface area contributed by atoms with Gasteiger partial charge in [0.05, 0.1) is 11.1 Å². The van der Waals surface area contributed by atoms with Crippen LogP contribution in [0.3, 0.4) is 0 Å². The lowest BCUT2D eigenvalue weighted by Crippen LogP contribution is -2.40. The molecular weight excluding hydrogens is 259 g/mol. The van der Waals surface area contributed by atoms with Crippen molar-refractivity contribution in [3.63, 3.8) is 0 Å². The van der Waals surface area contributed by atoms with Crippen LogP contribution in [-0.2, 0) is 0 Å². The van der Waals surface area contributed by atoms with Crippen LogP contribution in [0.15, 0.2) is 24.4 Å². The average molecular weight is 276 g/mol. The van der Waals surface area contributed by atoms with Gasteiger partial charge in [0.15, 0.2) is 0 Å². The molecule has 0 aliphatic rings. The van der Waals surface area contributed by atoms with E-state index < -0.39 is 5.82 Å². The van der Waals surface area contributed by atoms with E-state index in [2.05, 4.69) is 5.32 Å². The van der Waals surface area contributed by atoms with Gasteiger partial charge in [-0.3, -0.25) is 14.2 Å². The zero-order chi connectivity index (χ0) is 15.1. The molecule has 20 heavy (non-hydrogen) atoms. The summed E-state index contributed by atoms with van der Waals surface area (Å²) in [6.45, 7) is 6.98. The Labute approximate surface area is 116 Å². The van der Waals surface area contributed by atoms with Gasteiger partial charge in [0.1, 0.15) is 5.82 Å². The highest BCUT2D eigenvalue weighted by Crippen LogP contribution is 2.23. The number of benzene rings is 1. The Kier molecular flexibility index (Phi) is 3.38. The third-order valence-corrected chi connectivity index (χ3v) is 2.84. The summed E-state index contributed by atoms with van der Waals surface area (Å²) in [4.78, 5) is 23.9. The molecule has 1 aromatic heterocycles. The molecule has 0 saturated heterocycles. The van der Waals surface area contributed by atoms with Gasteiger partial charge >= 0.3 is 0 Å². The topological polar surface area (TPSA) is 51.1 Å². The molecule has 1 N–H and O–H groups in total. The van der Waals surface area contributed by atoms with Crippen LogP contribution in [-0.4, -0.2) is 21.9 Å². The smallest absolute Gasteiger partial charge is 0.253 e. The summed E-state index contributed by atoms with van der Waals surface area (Å²) in [6, 6.07) is 4.05. The summed E-state index contributed by atoms with van der Waals surface area (Å²) in [5, 5.41) is 3.40. The second-order valence-corrected chi connectivity index (χ2v) is 5.80. The van der Waals surface area contributed by atoms with E-state index in [0.717, 1.165) is 0 Å². The number of nitrogens with zero attached hydrogens (tertiary/aromatic N) is 1. The van der Waals surface area contributed by atoms with Crippen LogP contribution in [0, 0.1) is 5.82 Å². The lowest BCUT2D eigenvalue weighted by atomic mass is 10.1. The molecule has 5 heteroatoms. The van der Waals surface area contributed by atoms with Gasteiger partial charge in [-0.25, -0.2) is 4.39 Å². The zero-order valence-corrected chi connectivity index (χ0v) is 12.0. The molecule has 0 unspecified atom stereocenters. The molecule has 0 aliphatic carbocycles.